The smallest absolute Gasteiger partial charge is 0.0444 e. The molecule has 0 bridgehead atoms. The molecule has 2 atom stereocenters. The lowest BCUT2D eigenvalue weighted by molar-refractivity contribution is 0.199. The van der Waals surface area contributed by atoms with Crippen molar-refractivity contribution in [1.29, 1.82) is 0 Å². The number of anilines is 1. The van der Waals surface area contributed by atoms with Crippen LogP contribution in [0.15, 0.2) is 30.3 Å². The molecule has 2 aliphatic rings. The van der Waals surface area contributed by atoms with Crippen LogP contribution in [0.3, 0.4) is 0 Å². The zero-order valence-corrected chi connectivity index (χ0v) is 11.5. The van der Waals surface area contributed by atoms with Crippen LogP contribution in [0, 0.1) is 0 Å². The molecule has 1 heterocycles. The number of hydrogen-bond acceptors (Lipinski definition) is 2. The molecule has 3 rings (SSSR count). The maximum atomic E-state index is 3.85. The lowest BCUT2D eigenvalue weighted by Crippen LogP contribution is -2.67. The average Bonchev–Trinajstić information content (AvgIpc) is 2.38. The summed E-state index contributed by atoms with van der Waals surface area (Å²) in [5, 5.41) is 3.85. The summed E-state index contributed by atoms with van der Waals surface area (Å²) >= 11 is 0. The van der Waals surface area contributed by atoms with E-state index in [-0.39, 0.29) is 5.54 Å². The molecule has 2 heteroatoms. The first-order valence-corrected chi connectivity index (χ1v) is 7.25. The molecule has 0 unspecified atom stereocenters. The second-order valence-electron chi connectivity index (χ2n) is 6.45. The van der Waals surface area contributed by atoms with Gasteiger partial charge in [0.25, 0.3) is 0 Å². The largest absolute Gasteiger partial charge is 0.365 e. The van der Waals surface area contributed by atoms with Gasteiger partial charge in [-0.2, -0.15) is 0 Å². The summed E-state index contributed by atoms with van der Waals surface area (Å²) < 4.78 is 0. The van der Waals surface area contributed by atoms with E-state index in [0.29, 0.717) is 12.1 Å². The lowest BCUT2D eigenvalue weighted by atomic mass is 9.83. The summed E-state index contributed by atoms with van der Waals surface area (Å²) in [5.41, 5.74) is 1.61. The lowest BCUT2D eigenvalue weighted by Gasteiger charge is -2.52. The maximum Gasteiger partial charge on any atom is 0.0444 e. The molecule has 0 radical (unpaired) electrons. The number of nitrogens with one attached hydrogen (secondary N) is 1. The van der Waals surface area contributed by atoms with Crippen LogP contribution >= 0.6 is 0 Å². The summed E-state index contributed by atoms with van der Waals surface area (Å²) in [6, 6.07) is 12.3. The van der Waals surface area contributed by atoms with Crippen LogP contribution in [0.4, 0.5) is 5.69 Å². The fraction of sp³-hybridized carbons (Fsp3) is 0.625. The molecule has 18 heavy (non-hydrogen) atoms. The first kappa shape index (κ1) is 12.0. The average molecular weight is 244 g/mol. The van der Waals surface area contributed by atoms with E-state index >= 15 is 0 Å². The molecule has 98 valence electrons. The minimum atomic E-state index is 0.217. The van der Waals surface area contributed by atoms with Gasteiger partial charge in [0, 0.05) is 29.9 Å². The highest BCUT2D eigenvalue weighted by atomic mass is 15.3. The van der Waals surface area contributed by atoms with E-state index < -0.39 is 0 Å². The van der Waals surface area contributed by atoms with Gasteiger partial charge < -0.3 is 10.2 Å². The third-order valence-corrected chi connectivity index (χ3v) is 4.36. The third-order valence-electron chi connectivity index (χ3n) is 4.36. The Labute approximate surface area is 110 Å². The minimum absolute atomic E-state index is 0.217. The second kappa shape index (κ2) is 4.58. The Morgan fingerprint density at radius 1 is 1.11 bits per heavy atom. The Bertz CT molecular complexity index is 399. The Hall–Kier alpha value is -1.02. The van der Waals surface area contributed by atoms with Gasteiger partial charge in [-0.15, -0.1) is 0 Å². The second-order valence-corrected chi connectivity index (χ2v) is 6.45. The molecule has 2 nitrogen and oxygen atoms in total. The van der Waals surface area contributed by atoms with Crippen molar-refractivity contribution in [3.8, 4) is 0 Å². The van der Waals surface area contributed by atoms with Gasteiger partial charge in [-0.3, -0.25) is 0 Å². The summed E-state index contributed by atoms with van der Waals surface area (Å²) in [5.74, 6) is 0. The molecule has 1 aliphatic heterocycles. The quantitative estimate of drug-likeness (QED) is 0.816. The third kappa shape index (κ3) is 2.26. The predicted octanol–water partition coefficient (Wildman–Crippen LogP) is 3.19. The number of fused-ring (bicyclic) bond motifs is 1. The molecular formula is C16H24N2. The number of piperazine rings is 1. The first-order chi connectivity index (χ1) is 8.66. The van der Waals surface area contributed by atoms with Crippen LogP contribution in [-0.2, 0) is 0 Å². The molecule has 1 aromatic rings. The molecule has 0 aromatic heterocycles. The molecule has 0 amide bonds. The first-order valence-electron chi connectivity index (χ1n) is 7.25. The zero-order chi connectivity index (χ0) is 12.6. The Kier molecular flexibility index (Phi) is 3.06. The Morgan fingerprint density at radius 2 is 1.83 bits per heavy atom. The van der Waals surface area contributed by atoms with Crippen molar-refractivity contribution in [3.63, 3.8) is 0 Å². The van der Waals surface area contributed by atoms with Crippen LogP contribution < -0.4 is 10.2 Å². The van der Waals surface area contributed by atoms with Crippen LogP contribution in [0.5, 0.6) is 0 Å². The van der Waals surface area contributed by atoms with Gasteiger partial charge in [0.15, 0.2) is 0 Å². The molecule has 1 saturated heterocycles. The molecule has 1 N–H and O–H groups in total. The molecule has 1 saturated carbocycles. The highest BCUT2D eigenvalue weighted by molar-refractivity contribution is 5.49. The van der Waals surface area contributed by atoms with Crippen molar-refractivity contribution in [3.05, 3.63) is 30.3 Å². The predicted molar refractivity (Wildman–Crippen MR) is 77.0 cm³/mol. The van der Waals surface area contributed by atoms with E-state index in [1.165, 1.54) is 31.4 Å². The van der Waals surface area contributed by atoms with E-state index in [4.69, 9.17) is 0 Å². The van der Waals surface area contributed by atoms with Gasteiger partial charge in [0.1, 0.15) is 0 Å². The van der Waals surface area contributed by atoms with Gasteiger partial charge in [-0.1, -0.05) is 31.0 Å². The summed E-state index contributed by atoms with van der Waals surface area (Å²) in [6.45, 7) is 5.76. The highest BCUT2D eigenvalue weighted by Gasteiger charge is 2.40. The number of para-hydroxylation sites is 1. The number of hydrogen-bond donors (Lipinski definition) is 1. The van der Waals surface area contributed by atoms with Crippen molar-refractivity contribution in [2.24, 2.45) is 0 Å². The van der Waals surface area contributed by atoms with Gasteiger partial charge >= 0.3 is 0 Å². The van der Waals surface area contributed by atoms with E-state index in [2.05, 4.69) is 54.4 Å². The fourth-order valence-corrected chi connectivity index (χ4v) is 3.65. The van der Waals surface area contributed by atoms with E-state index in [9.17, 15) is 0 Å². The fourth-order valence-electron chi connectivity index (χ4n) is 3.65. The van der Waals surface area contributed by atoms with E-state index in [1.54, 1.807) is 0 Å². The van der Waals surface area contributed by atoms with E-state index in [1.807, 2.05) is 0 Å². The van der Waals surface area contributed by atoms with Crippen LogP contribution in [0.2, 0.25) is 0 Å². The topological polar surface area (TPSA) is 15.3 Å². The minimum Gasteiger partial charge on any atom is -0.365 e. The number of rotatable bonds is 1. The normalized spacial score (nSPS) is 30.9. The van der Waals surface area contributed by atoms with Gasteiger partial charge in [-0.25, -0.2) is 0 Å². The summed E-state index contributed by atoms with van der Waals surface area (Å²) in [4.78, 5) is 2.64. The highest BCUT2D eigenvalue weighted by Crippen LogP contribution is 2.33. The molecule has 1 aliphatic carbocycles. The van der Waals surface area contributed by atoms with E-state index in [0.717, 1.165) is 6.54 Å². The molecule has 0 spiro atoms. The Morgan fingerprint density at radius 3 is 2.61 bits per heavy atom. The number of benzene rings is 1. The van der Waals surface area contributed by atoms with Gasteiger partial charge in [0.2, 0.25) is 0 Å². The molecular weight excluding hydrogens is 220 g/mol. The summed E-state index contributed by atoms with van der Waals surface area (Å²) in [6.07, 6.45) is 5.43. The zero-order valence-electron chi connectivity index (χ0n) is 11.5. The van der Waals surface area contributed by atoms with Crippen LogP contribution in [0.25, 0.3) is 0 Å². The van der Waals surface area contributed by atoms with Gasteiger partial charge in [0.05, 0.1) is 0 Å². The van der Waals surface area contributed by atoms with Crippen molar-refractivity contribution in [1.82, 2.24) is 5.32 Å². The summed E-state index contributed by atoms with van der Waals surface area (Å²) in [7, 11) is 0. The standard InChI is InChI=1S/C16H24N2/c1-16(2)12-18(13-8-4-3-5-9-13)15-11-7-6-10-14(15)17-16/h3-5,8-9,14-15,17H,6-7,10-12H2,1-2H3/t14-,15-/m0/s1. The van der Waals surface area contributed by atoms with Crippen molar-refractivity contribution < 1.29 is 0 Å². The molecule has 2 fully saturated rings. The Balaban J connectivity index is 1.90. The van der Waals surface area contributed by atoms with Crippen molar-refractivity contribution in [2.45, 2.75) is 57.2 Å². The van der Waals surface area contributed by atoms with Crippen molar-refractivity contribution in [2.75, 3.05) is 11.4 Å². The SMILES string of the molecule is CC1(C)CN(c2ccccc2)[C@H]2CCCC[C@@H]2N1. The van der Waals surface area contributed by atoms with Crippen LogP contribution in [-0.4, -0.2) is 24.2 Å². The van der Waals surface area contributed by atoms with Crippen LogP contribution in [0.1, 0.15) is 39.5 Å². The molecule has 1 aromatic carbocycles. The monoisotopic (exact) mass is 244 g/mol. The van der Waals surface area contributed by atoms with Crippen molar-refractivity contribution >= 4 is 5.69 Å². The van der Waals surface area contributed by atoms with Gasteiger partial charge in [-0.05, 0) is 38.8 Å². The maximum absolute atomic E-state index is 3.85. The number of nitrogens with zero attached hydrogens (tertiary/aromatic N) is 1.